The predicted octanol–water partition coefficient (Wildman–Crippen LogP) is 2.71. The number of benzene rings is 1. The fourth-order valence-corrected chi connectivity index (χ4v) is 2.28. The summed E-state index contributed by atoms with van der Waals surface area (Å²) in [4.78, 5) is 12.9. The lowest BCUT2D eigenvalue weighted by molar-refractivity contribution is -0.131. The Bertz CT molecular complexity index is 506. The summed E-state index contributed by atoms with van der Waals surface area (Å²) in [7, 11) is 1.72. The number of ether oxygens (including phenoxy) is 1. The smallest absolute Gasteiger partial charge is 0.328 e. The molecule has 0 aromatic heterocycles. The highest BCUT2D eigenvalue weighted by molar-refractivity contribution is 5.85. The van der Waals surface area contributed by atoms with Gasteiger partial charge in [-0.2, -0.15) is 0 Å². The van der Waals surface area contributed by atoms with Crippen LogP contribution < -0.4 is 4.90 Å². The first-order valence-corrected chi connectivity index (χ1v) is 6.89. The van der Waals surface area contributed by atoms with Gasteiger partial charge in [0, 0.05) is 31.5 Å². The number of nitrogens with zero attached hydrogens (tertiary/aromatic N) is 1. The lowest BCUT2D eigenvalue weighted by Crippen LogP contribution is -2.29. The first kappa shape index (κ1) is 14.6. The van der Waals surface area contributed by atoms with Crippen molar-refractivity contribution in [3.8, 4) is 0 Å². The van der Waals surface area contributed by atoms with E-state index in [2.05, 4.69) is 17.0 Å². The first-order chi connectivity index (χ1) is 9.61. The molecule has 0 bridgehead atoms. The van der Waals surface area contributed by atoms with Gasteiger partial charge in [-0.1, -0.05) is 6.07 Å². The molecule has 1 fully saturated rings. The molecule has 1 saturated carbocycles. The first-order valence-electron chi connectivity index (χ1n) is 6.89. The van der Waals surface area contributed by atoms with Crippen LogP contribution in [0.1, 0.15) is 24.0 Å². The number of carboxylic acids is 1. The molecule has 1 aliphatic rings. The van der Waals surface area contributed by atoms with Gasteiger partial charge in [-0.05, 0) is 49.1 Å². The lowest BCUT2D eigenvalue weighted by Gasteiger charge is -2.25. The number of aryl methyl sites for hydroxylation is 1. The van der Waals surface area contributed by atoms with Gasteiger partial charge in [0.15, 0.2) is 0 Å². The molecule has 1 aromatic rings. The normalized spacial score (nSPS) is 14.7. The van der Waals surface area contributed by atoms with Crippen molar-refractivity contribution >= 4 is 17.7 Å². The van der Waals surface area contributed by atoms with Gasteiger partial charge in [0.1, 0.15) is 0 Å². The third kappa shape index (κ3) is 3.84. The molecule has 0 saturated heterocycles. The van der Waals surface area contributed by atoms with E-state index in [0.29, 0.717) is 6.04 Å². The fourth-order valence-electron chi connectivity index (χ4n) is 2.28. The molecule has 1 N–H and O–H groups in total. The van der Waals surface area contributed by atoms with Crippen LogP contribution in [0.5, 0.6) is 0 Å². The summed E-state index contributed by atoms with van der Waals surface area (Å²) in [5.41, 5.74) is 3.22. The predicted molar refractivity (Wildman–Crippen MR) is 80.1 cm³/mol. The second-order valence-corrected chi connectivity index (χ2v) is 5.13. The largest absolute Gasteiger partial charge is 0.478 e. The zero-order valence-electron chi connectivity index (χ0n) is 12.0. The molecule has 0 spiro atoms. The Morgan fingerprint density at radius 1 is 1.50 bits per heavy atom. The summed E-state index contributed by atoms with van der Waals surface area (Å²) in [6, 6.07) is 6.79. The molecule has 108 valence electrons. The molecule has 0 atom stereocenters. The summed E-state index contributed by atoms with van der Waals surface area (Å²) in [6.45, 7) is 3.62. The maximum Gasteiger partial charge on any atom is 0.328 e. The Morgan fingerprint density at radius 2 is 2.25 bits per heavy atom. The Morgan fingerprint density at radius 3 is 2.80 bits per heavy atom. The molecule has 1 aliphatic carbocycles. The molecule has 2 rings (SSSR count). The summed E-state index contributed by atoms with van der Waals surface area (Å²) < 4.78 is 5.17. The van der Waals surface area contributed by atoms with E-state index in [4.69, 9.17) is 9.84 Å². The Hall–Kier alpha value is -1.81. The van der Waals surface area contributed by atoms with Crippen molar-refractivity contribution in [3.63, 3.8) is 0 Å². The Balaban J connectivity index is 2.15. The van der Waals surface area contributed by atoms with E-state index in [1.165, 1.54) is 24.6 Å². The third-order valence-electron chi connectivity index (χ3n) is 3.51. The van der Waals surface area contributed by atoms with Crippen molar-refractivity contribution < 1.29 is 14.6 Å². The molecule has 0 radical (unpaired) electrons. The quantitative estimate of drug-likeness (QED) is 0.777. The number of carboxylic acid groups (broad SMARTS) is 1. The number of hydrogen-bond acceptors (Lipinski definition) is 3. The highest BCUT2D eigenvalue weighted by atomic mass is 16.5. The standard InChI is InChI=1S/C16H21NO3/c1-12-11-15(5-3-13(12)4-8-16(18)19)17(9-10-20-2)14-6-7-14/h3-5,8,11,14H,6-7,9-10H2,1-2H3,(H,18,19). The van der Waals surface area contributed by atoms with Crippen molar-refractivity contribution in [2.75, 3.05) is 25.2 Å². The van der Waals surface area contributed by atoms with Crippen LogP contribution >= 0.6 is 0 Å². The summed E-state index contributed by atoms with van der Waals surface area (Å²) in [6.07, 6.45) is 5.29. The van der Waals surface area contributed by atoms with Crippen molar-refractivity contribution in [1.82, 2.24) is 0 Å². The second kappa shape index (κ2) is 6.57. The van der Waals surface area contributed by atoms with Gasteiger partial charge in [0.2, 0.25) is 0 Å². The van der Waals surface area contributed by atoms with Gasteiger partial charge in [-0.15, -0.1) is 0 Å². The highest BCUT2D eigenvalue weighted by Crippen LogP contribution is 2.32. The van der Waals surface area contributed by atoms with Gasteiger partial charge >= 0.3 is 5.97 Å². The Labute approximate surface area is 119 Å². The van der Waals surface area contributed by atoms with Gasteiger partial charge in [0.25, 0.3) is 0 Å². The third-order valence-corrected chi connectivity index (χ3v) is 3.51. The minimum Gasteiger partial charge on any atom is -0.478 e. The molecular formula is C16H21NO3. The number of aliphatic carboxylic acids is 1. The summed E-state index contributed by atoms with van der Waals surface area (Å²) >= 11 is 0. The minimum atomic E-state index is -0.923. The average molecular weight is 275 g/mol. The molecule has 4 heteroatoms. The maximum atomic E-state index is 10.6. The van der Waals surface area contributed by atoms with Crippen LogP contribution in [0.3, 0.4) is 0 Å². The molecule has 20 heavy (non-hydrogen) atoms. The number of rotatable bonds is 7. The van der Waals surface area contributed by atoms with Crippen LogP contribution in [-0.4, -0.2) is 37.4 Å². The van der Waals surface area contributed by atoms with E-state index in [1.54, 1.807) is 13.2 Å². The highest BCUT2D eigenvalue weighted by Gasteiger charge is 2.29. The molecule has 0 amide bonds. The summed E-state index contributed by atoms with van der Waals surface area (Å²) in [5, 5.41) is 8.68. The SMILES string of the molecule is COCCN(c1ccc(C=CC(=O)O)c(C)c1)C1CC1. The Kier molecular flexibility index (Phi) is 4.79. The van der Waals surface area contributed by atoms with Crippen LogP contribution in [0, 0.1) is 6.92 Å². The number of anilines is 1. The average Bonchev–Trinajstić information content (AvgIpc) is 3.22. The number of methoxy groups -OCH3 is 1. The molecule has 0 aliphatic heterocycles. The van der Waals surface area contributed by atoms with Crippen molar-refractivity contribution in [3.05, 3.63) is 35.4 Å². The molecule has 4 nitrogen and oxygen atoms in total. The minimum absolute atomic E-state index is 0.630. The monoisotopic (exact) mass is 275 g/mol. The van der Waals surface area contributed by atoms with Crippen LogP contribution in [0.15, 0.2) is 24.3 Å². The zero-order chi connectivity index (χ0) is 14.5. The van der Waals surface area contributed by atoms with E-state index in [9.17, 15) is 4.79 Å². The topological polar surface area (TPSA) is 49.8 Å². The van der Waals surface area contributed by atoms with E-state index >= 15 is 0 Å². The van der Waals surface area contributed by atoms with Crippen molar-refractivity contribution in [1.29, 1.82) is 0 Å². The molecule has 1 aromatic carbocycles. The molecule has 0 unspecified atom stereocenters. The second-order valence-electron chi connectivity index (χ2n) is 5.13. The van der Waals surface area contributed by atoms with Crippen LogP contribution in [-0.2, 0) is 9.53 Å². The molecule has 0 heterocycles. The van der Waals surface area contributed by atoms with Crippen LogP contribution in [0.2, 0.25) is 0 Å². The van der Waals surface area contributed by atoms with Crippen molar-refractivity contribution in [2.24, 2.45) is 0 Å². The van der Waals surface area contributed by atoms with Crippen molar-refractivity contribution in [2.45, 2.75) is 25.8 Å². The number of hydrogen-bond donors (Lipinski definition) is 1. The van der Waals surface area contributed by atoms with Crippen LogP contribution in [0.25, 0.3) is 6.08 Å². The van der Waals surface area contributed by atoms with Gasteiger partial charge in [-0.3, -0.25) is 0 Å². The van der Waals surface area contributed by atoms with Gasteiger partial charge in [-0.25, -0.2) is 4.79 Å². The zero-order valence-corrected chi connectivity index (χ0v) is 12.0. The maximum absolute atomic E-state index is 10.6. The van der Waals surface area contributed by atoms with E-state index in [-0.39, 0.29) is 0 Å². The van der Waals surface area contributed by atoms with Gasteiger partial charge in [0.05, 0.1) is 6.61 Å². The van der Waals surface area contributed by atoms with E-state index in [0.717, 1.165) is 24.3 Å². The fraction of sp³-hybridized carbons (Fsp3) is 0.438. The number of carbonyl (C=O) groups is 1. The summed E-state index contributed by atoms with van der Waals surface area (Å²) in [5.74, 6) is -0.923. The lowest BCUT2D eigenvalue weighted by atomic mass is 10.1. The van der Waals surface area contributed by atoms with E-state index < -0.39 is 5.97 Å². The van der Waals surface area contributed by atoms with E-state index in [1.807, 2.05) is 13.0 Å². The van der Waals surface area contributed by atoms with Gasteiger partial charge < -0.3 is 14.7 Å². The molecular weight excluding hydrogens is 254 g/mol. The van der Waals surface area contributed by atoms with Crippen LogP contribution in [0.4, 0.5) is 5.69 Å².